The molecule has 0 aromatic carbocycles. The summed E-state index contributed by atoms with van der Waals surface area (Å²) in [5.41, 5.74) is 5.99. The number of nitrogens with two attached hydrogens (primary N) is 1. The van der Waals surface area contributed by atoms with Gasteiger partial charge in [0.2, 0.25) is 5.91 Å². The van der Waals surface area contributed by atoms with Crippen molar-refractivity contribution in [3.05, 3.63) is 12.7 Å². The van der Waals surface area contributed by atoms with Crippen LogP contribution in [0.1, 0.15) is 27.7 Å². The third kappa shape index (κ3) is 1.36. The van der Waals surface area contributed by atoms with E-state index in [9.17, 15) is 4.79 Å². The van der Waals surface area contributed by atoms with Gasteiger partial charge < -0.3 is 11.1 Å². The molecular formula is C11H20N2O. The molecule has 1 aliphatic rings. The molecule has 0 spiro atoms. The average molecular weight is 196 g/mol. The van der Waals surface area contributed by atoms with Gasteiger partial charge in [-0.25, -0.2) is 0 Å². The molecule has 3 heteroatoms. The molecule has 14 heavy (non-hydrogen) atoms. The smallest absolute Gasteiger partial charge is 0.243 e. The van der Waals surface area contributed by atoms with Crippen LogP contribution in [0.2, 0.25) is 0 Å². The number of nitrogens with one attached hydrogen (secondary N) is 1. The van der Waals surface area contributed by atoms with Crippen molar-refractivity contribution in [1.82, 2.24) is 5.32 Å². The molecule has 0 bridgehead atoms. The second kappa shape index (κ2) is 3.09. The molecule has 80 valence electrons. The lowest BCUT2D eigenvalue weighted by Gasteiger charge is -2.62. The minimum Gasteiger partial charge on any atom is -0.349 e. The van der Waals surface area contributed by atoms with Crippen molar-refractivity contribution in [2.24, 2.45) is 16.6 Å². The number of hydrogen-bond acceptors (Lipinski definition) is 2. The molecule has 0 radical (unpaired) electrons. The molecule has 0 heterocycles. The summed E-state index contributed by atoms with van der Waals surface area (Å²) in [5.74, 6) is -0.122. The maximum atomic E-state index is 11.2. The van der Waals surface area contributed by atoms with Crippen LogP contribution >= 0.6 is 0 Å². The highest BCUT2D eigenvalue weighted by atomic mass is 16.1. The Morgan fingerprint density at radius 2 is 1.79 bits per heavy atom. The molecule has 0 aliphatic heterocycles. The number of carbonyl (C=O) groups excluding carboxylic acids is 1. The third-order valence-electron chi connectivity index (χ3n) is 3.56. The lowest BCUT2D eigenvalue weighted by atomic mass is 9.48. The number of rotatable bonds is 2. The van der Waals surface area contributed by atoms with Crippen LogP contribution in [0.25, 0.3) is 0 Å². The second-order valence-corrected chi connectivity index (χ2v) is 5.27. The molecule has 1 saturated carbocycles. The molecule has 0 aromatic rings. The summed E-state index contributed by atoms with van der Waals surface area (Å²) in [6.45, 7) is 11.8. The summed E-state index contributed by atoms with van der Waals surface area (Å²) in [5, 5.41) is 2.94. The maximum Gasteiger partial charge on any atom is 0.243 e. The Morgan fingerprint density at radius 1 is 1.36 bits per heavy atom. The number of amides is 1. The molecule has 0 saturated heterocycles. The first-order valence-corrected chi connectivity index (χ1v) is 4.93. The van der Waals surface area contributed by atoms with E-state index in [2.05, 4.69) is 39.6 Å². The van der Waals surface area contributed by atoms with Crippen LogP contribution in [-0.4, -0.2) is 18.0 Å². The minimum absolute atomic E-state index is 0.0395. The highest BCUT2D eigenvalue weighted by molar-refractivity contribution is 5.87. The quantitative estimate of drug-likeness (QED) is 0.649. The van der Waals surface area contributed by atoms with Gasteiger partial charge in [-0.1, -0.05) is 34.3 Å². The zero-order chi connectivity index (χ0) is 11.1. The Hall–Kier alpha value is -0.830. The molecule has 3 nitrogen and oxygen atoms in total. The van der Waals surface area contributed by atoms with Crippen LogP contribution in [0.3, 0.4) is 0 Å². The van der Waals surface area contributed by atoms with Crippen LogP contribution in [0.15, 0.2) is 12.7 Å². The normalized spacial score (nSPS) is 32.9. The molecule has 0 aromatic heterocycles. The summed E-state index contributed by atoms with van der Waals surface area (Å²) in [6, 6.07) is 0.237. The Bertz CT molecular complexity index is 252. The van der Waals surface area contributed by atoms with Crippen molar-refractivity contribution >= 4 is 5.91 Å². The van der Waals surface area contributed by atoms with E-state index in [0.29, 0.717) is 0 Å². The second-order valence-electron chi connectivity index (χ2n) is 5.27. The maximum absolute atomic E-state index is 11.2. The standard InChI is InChI=1S/C11H20N2O/c1-6-7(14)13-9-10(2,3)8(12)11(9,4)5/h6,8-9H,1,12H2,2-5H3,(H,13,14). The van der Waals surface area contributed by atoms with Crippen LogP contribution < -0.4 is 11.1 Å². The predicted molar refractivity (Wildman–Crippen MR) is 57.7 cm³/mol. The highest BCUT2D eigenvalue weighted by Crippen LogP contribution is 2.52. The molecule has 1 rings (SSSR count). The van der Waals surface area contributed by atoms with Crippen molar-refractivity contribution in [1.29, 1.82) is 0 Å². The van der Waals surface area contributed by atoms with Gasteiger partial charge in [-0.3, -0.25) is 4.79 Å². The van der Waals surface area contributed by atoms with Crippen LogP contribution in [0, 0.1) is 10.8 Å². The van der Waals surface area contributed by atoms with Gasteiger partial charge in [-0.2, -0.15) is 0 Å². The third-order valence-corrected chi connectivity index (χ3v) is 3.56. The fourth-order valence-corrected chi connectivity index (χ4v) is 2.75. The monoisotopic (exact) mass is 196 g/mol. The Kier molecular flexibility index (Phi) is 2.48. The Morgan fingerprint density at radius 3 is 2.14 bits per heavy atom. The lowest BCUT2D eigenvalue weighted by Crippen LogP contribution is -2.75. The van der Waals surface area contributed by atoms with E-state index in [0.717, 1.165) is 0 Å². The summed E-state index contributed by atoms with van der Waals surface area (Å²) in [7, 11) is 0. The van der Waals surface area contributed by atoms with Gasteiger partial charge in [0.05, 0.1) is 0 Å². The summed E-state index contributed by atoms with van der Waals surface area (Å²) in [6.07, 6.45) is 1.30. The fourth-order valence-electron chi connectivity index (χ4n) is 2.75. The van der Waals surface area contributed by atoms with Gasteiger partial charge in [-0.15, -0.1) is 0 Å². The average Bonchev–Trinajstić information content (AvgIpc) is 2.11. The predicted octanol–water partition coefficient (Wildman–Crippen LogP) is 1.05. The van der Waals surface area contributed by atoms with Gasteiger partial charge >= 0.3 is 0 Å². The first-order valence-electron chi connectivity index (χ1n) is 4.93. The van der Waals surface area contributed by atoms with E-state index in [4.69, 9.17) is 5.73 Å². The Balaban J connectivity index is 2.78. The molecule has 1 fully saturated rings. The SMILES string of the molecule is C=CC(=O)NC1C(C)(C)C(N)C1(C)C. The van der Waals surface area contributed by atoms with E-state index >= 15 is 0 Å². The van der Waals surface area contributed by atoms with Gasteiger partial charge in [0.15, 0.2) is 0 Å². The molecular weight excluding hydrogens is 176 g/mol. The summed E-state index contributed by atoms with van der Waals surface area (Å²) >= 11 is 0. The lowest BCUT2D eigenvalue weighted by molar-refractivity contribution is -0.127. The van der Waals surface area contributed by atoms with Crippen molar-refractivity contribution in [3.63, 3.8) is 0 Å². The largest absolute Gasteiger partial charge is 0.349 e. The van der Waals surface area contributed by atoms with Gasteiger partial charge in [-0.05, 0) is 6.08 Å². The molecule has 3 N–H and O–H groups in total. The van der Waals surface area contributed by atoms with Crippen molar-refractivity contribution in [3.8, 4) is 0 Å². The van der Waals surface area contributed by atoms with Crippen LogP contribution in [0.5, 0.6) is 0 Å². The molecule has 0 atom stereocenters. The van der Waals surface area contributed by atoms with E-state index in [1.165, 1.54) is 6.08 Å². The first kappa shape index (κ1) is 11.2. The Labute approximate surface area is 85.7 Å². The zero-order valence-corrected chi connectivity index (χ0v) is 9.42. The first-order chi connectivity index (χ1) is 6.24. The minimum atomic E-state index is -0.122. The highest BCUT2D eigenvalue weighted by Gasteiger charge is 2.60. The number of carbonyl (C=O) groups is 1. The van der Waals surface area contributed by atoms with E-state index in [1.807, 2.05) is 0 Å². The van der Waals surface area contributed by atoms with E-state index in [1.54, 1.807) is 0 Å². The van der Waals surface area contributed by atoms with Gasteiger partial charge in [0.1, 0.15) is 0 Å². The van der Waals surface area contributed by atoms with Crippen molar-refractivity contribution in [2.45, 2.75) is 39.8 Å². The molecule has 0 unspecified atom stereocenters. The van der Waals surface area contributed by atoms with Gasteiger partial charge in [0.25, 0.3) is 0 Å². The van der Waals surface area contributed by atoms with Crippen molar-refractivity contribution in [2.75, 3.05) is 0 Å². The molecule has 1 aliphatic carbocycles. The van der Waals surface area contributed by atoms with Crippen LogP contribution in [0.4, 0.5) is 0 Å². The molecule has 1 amide bonds. The van der Waals surface area contributed by atoms with Crippen LogP contribution in [-0.2, 0) is 4.79 Å². The fraction of sp³-hybridized carbons (Fsp3) is 0.727. The zero-order valence-electron chi connectivity index (χ0n) is 9.42. The van der Waals surface area contributed by atoms with Crippen molar-refractivity contribution < 1.29 is 4.79 Å². The summed E-state index contributed by atoms with van der Waals surface area (Å²) in [4.78, 5) is 11.2. The summed E-state index contributed by atoms with van der Waals surface area (Å²) < 4.78 is 0. The van der Waals surface area contributed by atoms with E-state index < -0.39 is 0 Å². The van der Waals surface area contributed by atoms with Gasteiger partial charge in [0, 0.05) is 22.9 Å². The van der Waals surface area contributed by atoms with E-state index in [-0.39, 0.29) is 28.8 Å². The number of hydrogen-bond donors (Lipinski definition) is 2. The topological polar surface area (TPSA) is 55.1 Å².